The van der Waals surface area contributed by atoms with Gasteiger partial charge in [0.2, 0.25) is 0 Å². The summed E-state index contributed by atoms with van der Waals surface area (Å²) in [5, 5.41) is 4.41. The van der Waals surface area contributed by atoms with Crippen LogP contribution in [0, 0.1) is 0 Å². The fourth-order valence-corrected chi connectivity index (χ4v) is 4.36. The summed E-state index contributed by atoms with van der Waals surface area (Å²) in [7, 11) is -1.36. The van der Waals surface area contributed by atoms with Crippen molar-refractivity contribution in [2.24, 2.45) is 0 Å². The molecule has 0 aliphatic carbocycles. The summed E-state index contributed by atoms with van der Waals surface area (Å²) >= 11 is 0. The highest BCUT2D eigenvalue weighted by molar-refractivity contribution is 7.67. The molecule has 2 heteroatoms. The lowest BCUT2D eigenvalue weighted by Gasteiger charge is -2.16. The van der Waals surface area contributed by atoms with Crippen molar-refractivity contribution >= 4 is 29.5 Å². The Labute approximate surface area is 143 Å². The van der Waals surface area contributed by atoms with Crippen LogP contribution in [0.25, 0.3) is 21.9 Å². The predicted molar refractivity (Wildman–Crippen MR) is 104 cm³/mol. The van der Waals surface area contributed by atoms with E-state index in [1.807, 2.05) is 48.5 Å². The zero-order chi connectivity index (χ0) is 16.4. The van der Waals surface area contributed by atoms with Crippen LogP contribution in [-0.2, 0) is 0 Å². The molecule has 24 heavy (non-hydrogen) atoms. The largest absolute Gasteiger partial charge is 0.364 e. The molecule has 1 nitrogen and oxygen atoms in total. The molecule has 4 aromatic carbocycles. The van der Waals surface area contributed by atoms with E-state index in [0.29, 0.717) is 0 Å². The third-order valence-corrected chi connectivity index (χ3v) is 5.83. The van der Waals surface area contributed by atoms with Crippen molar-refractivity contribution in [3.8, 4) is 11.1 Å². The van der Waals surface area contributed by atoms with Gasteiger partial charge < -0.3 is 4.89 Å². The van der Waals surface area contributed by atoms with Gasteiger partial charge in [-0.25, -0.2) is 0 Å². The van der Waals surface area contributed by atoms with Gasteiger partial charge in [0.25, 0.3) is 0 Å². The second-order valence-corrected chi connectivity index (χ2v) is 7.35. The molecule has 0 saturated heterocycles. The Kier molecular flexibility index (Phi) is 4.13. The van der Waals surface area contributed by atoms with E-state index in [1.165, 1.54) is 10.8 Å². The summed E-state index contributed by atoms with van der Waals surface area (Å²) < 4.78 is 0. The zero-order valence-electron chi connectivity index (χ0n) is 13.1. The average Bonchev–Trinajstić information content (AvgIpc) is 2.68. The second-order valence-electron chi connectivity index (χ2n) is 5.73. The highest BCUT2D eigenvalue weighted by atomic mass is 31.1. The molecule has 4 aromatic rings. The molecule has 0 aromatic heterocycles. The van der Waals surface area contributed by atoms with E-state index in [1.54, 1.807) is 0 Å². The van der Waals surface area contributed by atoms with Gasteiger partial charge >= 0.3 is 0 Å². The van der Waals surface area contributed by atoms with Gasteiger partial charge in [-0.1, -0.05) is 91.0 Å². The Hall–Kier alpha value is -2.47. The molecule has 1 unspecified atom stereocenters. The molecular weight excluding hydrogens is 311 g/mol. The predicted octanol–water partition coefficient (Wildman–Crippen LogP) is 4.85. The molecule has 116 valence electrons. The molecule has 1 N–H and O–H groups in total. The zero-order valence-corrected chi connectivity index (χ0v) is 14.0. The molecule has 0 radical (unpaired) electrons. The summed E-state index contributed by atoms with van der Waals surface area (Å²) in [6.45, 7) is 0. The van der Waals surface area contributed by atoms with Gasteiger partial charge in [0.15, 0.2) is 0 Å². The molecule has 0 aliphatic rings. The van der Waals surface area contributed by atoms with Crippen LogP contribution in [-0.4, -0.2) is 4.89 Å². The maximum Gasteiger partial charge on any atom is 0.0883 e. The van der Waals surface area contributed by atoms with E-state index in [9.17, 15) is 4.89 Å². The summed E-state index contributed by atoms with van der Waals surface area (Å²) in [4.78, 5) is 10.9. The molecule has 0 fully saturated rings. The average molecular weight is 328 g/mol. The van der Waals surface area contributed by atoms with Crippen molar-refractivity contribution in [2.45, 2.75) is 0 Å². The van der Waals surface area contributed by atoms with Crippen molar-refractivity contribution in [1.29, 1.82) is 0 Å². The lowest BCUT2D eigenvalue weighted by Crippen LogP contribution is -2.13. The first kappa shape index (κ1) is 15.1. The van der Waals surface area contributed by atoms with Crippen LogP contribution >= 0.6 is 8.15 Å². The number of rotatable bonds is 3. The SMILES string of the molecule is OP(c1ccccc1)c1ccccc1-c1ccc2ccccc2c1. The molecule has 4 rings (SSSR count). The topological polar surface area (TPSA) is 20.2 Å². The van der Waals surface area contributed by atoms with E-state index in [-0.39, 0.29) is 0 Å². The molecule has 0 heterocycles. The van der Waals surface area contributed by atoms with Gasteiger partial charge in [0, 0.05) is 10.6 Å². The summed E-state index contributed by atoms with van der Waals surface area (Å²) in [5.41, 5.74) is 2.24. The molecule has 0 bridgehead atoms. The highest BCUT2D eigenvalue weighted by Gasteiger charge is 2.15. The standard InChI is InChI=1S/C22H17OP/c23-24(20-10-2-1-3-11-20)22-13-7-6-12-21(22)19-15-14-17-8-4-5-9-18(17)16-19/h1-16,23H. The minimum atomic E-state index is -1.36. The third-order valence-electron chi connectivity index (χ3n) is 4.19. The maximum absolute atomic E-state index is 10.9. The van der Waals surface area contributed by atoms with Crippen LogP contribution in [0.4, 0.5) is 0 Å². The van der Waals surface area contributed by atoms with Crippen molar-refractivity contribution in [1.82, 2.24) is 0 Å². The Balaban J connectivity index is 1.83. The van der Waals surface area contributed by atoms with Gasteiger partial charge in [0.05, 0.1) is 8.15 Å². The highest BCUT2D eigenvalue weighted by Crippen LogP contribution is 2.34. The maximum atomic E-state index is 10.9. The molecule has 0 spiro atoms. The molecular formula is C22H17OP. The monoisotopic (exact) mass is 328 g/mol. The lowest BCUT2D eigenvalue weighted by molar-refractivity contribution is 0.645. The Bertz CT molecular complexity index is 979. The van der Waals surface area contributed by atoms with Crippen LogP contribution in [0.15, 0.2) is 97.1 Å². The number of hydrogen-bond donors (Lipinski definition) is 1. The summed E-state index contributed by atoms with van der Waals surface area (Å²) in [5.74, 6) is 0. The first-order valence-corrected chi connectivity index (χ1v) is 9.25. The number of hydrogen-bond acceptors (Lipinski definition) is 1. The van der Waals surface area contributed by atoms with E-state index in [2.05, 4.69) is 48.5 Å². The van der Waals surface area contributed by atoms with Crippen LogP contribution in [0.2, 0.25) is 0 Å². The van der Waals surface area contributed by atoms with Crippen molar-refractivity contribution < 1.29 is 4.89 Å². The van der Waals surface area contributed by atoms with Crippen LogP contribution < -0.4 is 10.6 Å². The van der Waals surface area contributed by atoms with E-state index >= 15 is 0 Å². The Morgan fingerprint density at radius 1 is 0.583 bits per heavy atom. The molecule has 0 aliphatic heterocycles. The number of fused-ring (bicyclic) bond motifs is 1. The number of benzene rings is 4. The Morgan fingerprint density at radius 3 is 2.08 bits per heavy atom. The summed E-state index contributed by atoms with van der Waals surface area (Å²) in [6.07, 6.45) is 0. The van der Waals surface area contributed by atoms with Gasteiger partial charge in [0.1, 0.15) is 0 Å². The van der Waals surface area contributed by atoms with Crippen molar-refractivity contribution in [2.75, 3.05) is 0 Å². The van der Waals surface area contributed by atoms with Crippen LogP contribution in [0.3, 0.4) is 0 Å². The molecule has 0 amide bonds. The fourth-order valence-electron chi connectivity index (χ4n) is 2.97. The minimum Gasteiger partial charge on any atom is -0.364 e. The fraction of sp³-hybridized carbons (Fsp3) is 0. The first-order chi connectivity index (χ1) is 11.8. The van der Waals surface area contributed by atoms with E-state index in [4.69, 9.17) is 0 Å². The van der Waals surface area contributed by atoms with Crippen molar-refractivity contribution in [3.05, 3.63) is 97.1 Å². The van der Waals surface area contributed by atoms with E-state index < -0.39 is 8.15 Å². The van der Waals surface area contributed by atoms with Gasteiger partial charge in [-0.05, 0) is 28.0 Å². The van der Waals surface area contributed by atoms with Gasteiger partial charge in [-0.2, -0.15) is 0 Å². The second kappa shape index (κ2) is 6.57. The van der Waals surface area contributed by atoms with Gasteiger partial charge in [-0.15, -0.1) is 0 Å². The minimum absolute atomic E-state index is 0.973. The normalized spacial score (nSPS) is 12.2. The van der Waals surface area contributed by atoms with Gasteiger partial charge in [-0.3, -0.25) is 0 Å². The van der Waals surface area contributed by atoms with Crippen LogP contribution in [0.1, 0.15) is 0 Å². The third kappa shape index (κ3) is 2.85. The van der Waals surface area contributed by atoms with Crippen LogP contribution in [0.5, 0.6) is 0 Å². The van der Waals surface area contributed by atoms with E-state index in [0.717, 1.165) is 21.7 Å². The molecule has 0 saturated carbocycles. The van der Waals surface area contributed by atoms with Crippen molar-refractivity contribution in [3.63, 3.8) is 0 Å². The molecule has 1 atom stereocenters. The Morgan fingerprint density at radius 2 is 1.25 bits per heavy atom. The smallest absolute Gasteiger partial charge is 0.0883 e. The summed E-state index contributed by atoms with van der Waals surface area (Å²) in [6, 6.07) is 32.9. The lowest BCUT2D eigenvalue weighted by atomic mass is 10.0. The quantitative estimate of drug-likeness (QED) is 0.533. The first-order valence-electron chi connectivity index (χ1n) is 7.95.